The van der Waals surface area contributed by atoms with Crippen molar-refractivity contribution in [3.63, 3.8) is 0 Å². The lowest BCUT2D eigenvalue weighted by atomic mass is 9.68. The second kappa shape index (κ2) is 11.3. The molecule has 2 atom stereocenters. The summed E-state index contributed by atoms with van der Waals surface area (Å²) in [5.74, 6) is 1.92. The van der Waals surface area contributed by atoms with Crippen LogP contribution in [-0.4, -0.2) is 12.2 Å². The Morgan fingerprint density at radius 2 is 0.966 bits per heavy atom. The van der Waals surface area contributed by atoms with Gasteiger partial charge in [-0.25, -0.2) is 0 Å². The van der Waals surface area contributed by atoms with Crippen molar-refractivity contribution in [1.82, 2.24) is 0 Å². The van der Waals surface area contributed by atoms with E-state index in [1.54, 1.807) is 0 Å². The van der Waals surface area contributed by atoms with Gasteiger partial charge in [0.05, 0.1) is 12.2 Å². The largest absolute Gasteiger partial charge is 0.491 e. The van der Waals surface area contributed by atoms with E-state index in [2.05, 4.69) is 90.1 Å². The van der Waals surface area contributed by atoms with Crippen molar-refractivity contribution in [2.75, 3.05) is 0 Å². The lowest BCUT2D eigenvalue weighted by Gasteiger charge is -2.35. The third kappa shape index (κ3) is 6.01. The van der Waals surface area contributed by atoms with Crippen molar-refractivity contribution < 1.29 is 9.47 Å². The van der Waals surface area contributed by atoms with Crippen molar-refractivity contribution in [2.24, 2.45) is 0 Å². The summed E-state index contributed by atoms with van der Waals surface area (Å²) < 4.78 is 12.0. The van der Waals surface area contributed by atoms with Crippen molar-refractivity contribution in [3.05, 3.63) is 59.7 Å². The Balaban J connectivity index is 2.37. The number of hydrogen-bond acceptors (Lipinski definition) is 2. The van der Waals surface area contributed by atoms with Gasteiger partial charge in [-0.15, -0.1) is 0 Å². The van der Waals surface area contributed by atoms with Gasteiger partial charge >= 0.3 is 0 Å². The molecule has 0 aliphatic carbocycles. The van der Waals surface area contributed by atoms with Crippen LogP contribution in [0, 0.1) is 0 Å². The molecule has 0 N–H and O–H groups in total. The Morgan fingerprint density at radius 1 is 0.621 bits per heavy atom. The zero-order valence-corrected chi connectivity index (χ0v) is 19.3. The predicted octanol–water partition coefficient (Wildman–Crippen LogP) is 7.93. The SMILES string of the molecule is CCCC(CCC)(c1ccc(OC(C)CC)cc1)c1ccc(OC(C)CC)cc1. The first-order valence-electron chi connectivity index (χ1n) is 11.5. The van der Waals surface area contributed by atoms with Gasteiger partial charge in [-0.05, 0) is 74.9 Å². The van der Waals surface area contributed by atoms with E-state index in [-0.39, 0.29) is 17.6 Å². The van der Waals surface area contributed by atoms with Crippen LogP contribution in [0.15, 0.2) is 48.5 Å². The second-order valence-corrected chi connectivity index (χ2v) is 8.30. The van der Waals surface area contributed by atoms with Crippen LogP contribution in [0.5, 0.6) is 11.5 Å². The third-order valence-electron chi connectivity index (χ3n) is 5.99. The average molecular weight is 397 g/mol. The van der Waals surface area contributed by atoms with Gasteiger partial charge < -0.3 is 9.47 Å². The number of rotatable bonds is 12. The summed E-state index contributed by atoms with van der Waals surface area (Å²) in [5.41, 5.74) is 2.80. The highest BCUT2D eigenvalue weighted by molar-refractivity contribution is 5.43. The van der Waals surface area contributed by atoms with Crippen molar-refractivity contribution in [2.45, 2.75) is 97.7 Å². The minimum absolute atomic E-state index is 0.0350. The first-order chi connectivity index (χ1) is 14.0. The molecule has 0 aliphatic rings. The van der Waals surface area contributed by atoms with Gasteiger partial charge in [-0.2, -0.15) is 0 Å². The molecule has 0 saturated carbocycles. The van der Waals surface area contributed by atoms with Crippen LogP contribution in [0.3, 0.4) is 0 Å². The number of hydrogen-bond donors (Lipinski definition) is 0. The van der Waals surface area contributed by atoms with E-state index in [1.165, 1.54) is 11.1 Å². The van der Waals surface area contributed by atoms with Crippen molar-refractivity contribution >= 4 is 0 Å². The van der Waals surface area contributed by atoms with Gasteiger partial charge in [0.1, 0.15) is 11.5 Å². The smallest absolute Gasteiger partial charge is 0.119 e. The van der Waals surface area contributed by atoms with Crippen LogP contribution in [0.25, 0.3) is 0 Å². The zero-order chi connectivity index (χ0) is 21.3. The first-order valence-corrected chi connectivity index (χ1v) is 11.5. The Hall–Kier alpha value is -1.96. The predicted molar refractivity (Wildman–Crippen MR) is 124 cm³/mol. The lowest BCUT2D eigenvalue weighted by molar-refractivity contribution is 0.217. The molecule has 2 nitrogen and oxygen atoms in total. The van der Waals surface area contributed by atoms with E-state index < -0.39 is 0 Å². The fraction of sp³-hybridized carbons (Fsp3) is 0.556. The van der Waals surface area contributed by atoms with Crippen LogP contribution in [-0.2, 0) is 5.41 Å². The Labute approximate surface area is 178 Å². The highest BCUT2D eigenvalue weighted by Gasteiger charge is 2.32. The van der Waals surface area contributed by atoms with E-state index in [0.29, 0.717) is 0 Å². The minimum atomic E-state index is 0.0350. The molecule has 0 heterocycles. The van der Waals surface area contributed by atoms with Gasteiger partial charge in [-0.3, -0.25) is 0 Å². The van der Waals surface area contributed by atoms with E-state index in [1.807, 2.05) is 0 Å². The molecule has 0 bridgehead atoms. The fourth-order valence-corrected chi connectivity index (χ4v) is 4.06. The van der Waals surface area contributed by atoms with Gasteiger partial charge in [0, 0.05) is 5.41 Å². The molecule has 0 amide bonds. The highest BCUT2D eigenvalue weighted by atomic mass is 16.5. The molecule has 0 spiro atoms. The minimum Gasteiger partial charge on any atom is -0.491 e. The highest BCUT2D eigenvalue weighted by Crippen LogP contribution is 2.42. The lowest BCUT2D eigenvalue weighted by Crippen LogP contribution is -2.27. The van der Waals surface area contributed by atoms with Crippen molar-refractivity contribution in [1.29, 1.82) is 0 Å². The second-order valence-electron chi connectivity index (χ2n) is 8.30. The molecule has 2 aromatic carbocycles. The van der Waals surface area contributed by atoms with E-state index in [4.69, 9.17) is 9.47 Å². The molecule has 2 aromatic rings. The van der Waals surface area contributed by atoms with Gasteiger partial charge in [0.2, 0.25) is 0 Å². The quantitative estimate of drug-likeness (QED) is 0.362. The summed E-state index contributed by atoms with van der Waals surface area (Å²) in [6, 6.07) is 17.6. The summed E-state index contributed by atoms with van der Waals surface area (Å²) in [6.07, 6.45) is 7.10. The number of benzene rings is 2. The molecule has 29 heavy (non-hydrogen) atoms. The maximum absolute atomic E-state index is 6.00. The first kappa shape index (κ1) is 23.3. The van der Waals surface area contributed by atoms with Crippen LogP contribution in [0.2, 0.25) is 0 Å². The van der Waals surface area contributed by atoms with Gasteiger partial charge in [0.25, 0.3) is 0 Å². The van der Waals surface area contributed by atoms with Crippen LogP contribution >= 0.6 is 0 Å². The standard InChI is InChI=1S/C27H40O2/c1-7-19-27(20-8-2,23-11-15-25(16-12-23)28-21(5)9-3)24-13-17-26(18-14-24)29-22(6)10-4/h11-18,21-22H,7-10,19-20H2,1-6H3. The van der Waals surface area contributed by atoms with Gasteiger partial charge in [0.15, 0.2) is 0 Å². The Kier molecular flexibility index (Phi) is 9.07. The van der Waals surface area contributed by atoms with E-state index in [9.17, 15) is 0 Å². The molecule has 0 saturated heterocycles. The molecule has 2 unspecified atom stereocenters. The monoisotopic (exact) mass is 396 g/mol. The molecular weight excluding hydrogens is 356 g/mol. The molecule has 0 radical (unpaired) electrons. The molecule has 0 aromatic heterocycles. The number of ether oxygens (including phenoxy) is 2. The molecule has 2 heteroatoms. The Morgan fingerprint density at radius 3 is 1.24 bits per heavy atom. The molecular formula is C27H40O2. The summed E-state index contributed by atoms with van der Waals surface area (Å²) in [5, 5.41) is 0. The third-order valence-corrected chi connectivity index (χ3v) is 5.99. The Bertz CT molecular complexity index is 639. The van der Waals surface area contributed by atoms with E-state index in [0.717, 1.165) is 50.0 Å². The molecule has 160 valence electrons. The van der Waals surface area contributed by atoms with Gasteiger partial charge in [-0.1, -0.05) is 64.8 Å². The zero-order valence-electron chi connectivity index (χ0n) is 19.3. The van der Waals surface area contributed by atoms with Crippen LogP contribution < -0.4 is 9.47 Å². The normalized spacial score (nSPS) is 13.7. The summed E-state index contributed by atoms with van der Waals surface area (Å²) in [6.45, 7) is 13.1. The average Bonchev–Trinajstić information content (AvgIpc) is 2.74. The van der Waals surface area contributed by atoms with Crippen molar-refractivity contribution in [3.8, 4) is 11.5 Å². The molecule has 0 fully saturated rings. The summed E-state index contributed by atoms with van der Waals surface area (Å²) in [7, 11) is 0. The maximum atomic E-state index is 6.00. The molecule has 2 rings (SSSR count). The van der Waals surface area contributed by atoms with E-state index >= 15 is 0 Å². The topological polar surface area (TPSA) is 18.5 Å². The fourth-order valence-electron chi connectivity index (χ4n) is 4.06. The molecule has 0 aliphatic heterocycles. The summed E-state index contributed by atoms with van der Waals surface area (Å²) in [4.78, 5) is 0. The maximum Gasteiger partial charge on any atom is 0.119 e. The summed E-state index contributed by atoms with van der Waals surface area (Å²) >= 11 is 0. The van der Waals surface area contributed by atoms with Crippen LogP contribution in [0.4, 0.5) is 0 Å². The van der Waals surface area contributed by atoms with Crippen LogP contribution in [0.1, 0.15) is 91.2 Å².